The van der Waals surface area contributed by atoms with Gasteiger partial charge < -0.3 is 15.2 Å². The van der Waals surface area contributed by atoms with Crippen molar-refractivity contribution in [3.8, 4) is 0 Å². The predicted octanol–water partition coefficient (Wildman–Crippen LogP) is 2.72. The molecule has 2 heterocycles. The van der Waals surface area contributed by atoms with Crippen LogP contribution < -0.4 is 5.32 Å². The first-order valence-electron chi connectivity index (χ1n) is 10.5. The first kappa shape index (κ1) is 20.6. The molecule has 0 saturated carbocycles. The third kappa shape index (κ3) is 4.55. The molecule has 6 heteroatoms. The topological polar surface area (TPSA) is 78.9 Å². The lowest BCUT2D eigenvalue weighted by Crippen LogP contribution is -2.64. The van der Waals surface area contributed by atoms with Crippen molar-refractivity contribution in [2.45, 2.75) is 31.9 Å². The zero-order valence-electron chi connectivity index (χ0n) is 17.0. The first-order valence-corrected chi connectivity index (χ1v) is 10.5. The minimum absolute atomic E-state index is 0.0598. The SMILES string of the molecule is O=C(O)c1ccccc1CN1CC(Cc2ccccc2)(C(=O)NCC2CCCO2)C1. The molecule has 158 valence electrons. The van der Waals surface area contributed by atoms with E-state index in [1.54, 1.807) is 12.1 Å². The number of likely N-dealkylation sites (tertiary alicyclic amines) is 1. The highest BCUT2D eigenvalue weighted by Crippen LogP contribution is 2.36. The van der Waals surface area contributed by atoms with Gasteiger partial charge in [0.1, 0.15) is 0 Å². The predicted molar refractivity (Wildman–Crippen MR) is 113 cm³/mol. The molecule has 2 N–H and O–H groups in total. The van der Waals surface area contributed by atoms with Gasteiger partial charge >= 0.3 is 5.97 Å². The molecule has 1 unspecified atom stereocenters. The number of nitrogens with zero attached hydrogens (tertiary/aromatic N) is 1. The summed E-state index contributed by atoms with van der Waals surface area (Å²) in [7, 11) is 0. The molecule has 30 heavy (non-hydrogen) atoms. The number of aromatic carboxylic acids is 1. The van der Waals surface area contributed by atoms with Crippen LogP contribution >= 0.6 is 0 Å². The van der Waals surface area contributed by atoms with Crippen LogP contribution in [0.25, 0.3) is 0 Å². The number of ether oxygens (including phenoxy) is 1. The van der Waals surface area contributed by atoms with E-state index in [1.807, 2.05) is 30.3 Å². The smallest absolute Gasteiger partial charge is 0.336 e. The van der Waals surface area contributed by atoms with Crippen molar-refractivity contribution in [3.63, 3.8) is 0 Å². The van der Waals surface area contributed by atoms with E-state index in [0.29, 0.717) is 38.2 Å². The second-order valence-electron chi connectivity index (χ2n) is 8.40. The van der Waals surface area contributed by atoms with Crippen molar-refractivity contribution in [2.24, 2.45) is 5.41 Å². The van der Waals surface area contributed by atoms with Crippen LogP contribution in [-0.2, 0) is 22.5 Å². The van der Waals surface area contributed by atoms with E-state index in [9.17, 15) is 14.7 Å². The van der Waals surface area contributed by atoms with Gasteiger partial charge in [-0.25, -0.2) is 4.79 Å². The highest BCUT2D eigenvalue weighted by molar-refractivity contribution is 5.89. The normalized spacial score (nSPS) is 20.5. The van der Waals surface area contributed by atoms with Gasteiger partial charge in [-0.05, 0) is 36.5 Å². The van der Waals surface area contributed by atoms with Crippen LogP contribution in [0.1, 0.15) is 34.3 Å². The van der Waals surface area contributed by atoms with Crippen LogP contribution in [0.4, 0.5) is 0 Å². The van der Waals surface area contributed by atoms with Crippen LogP contribution in [0.5, 0.6) is 0 Å². The fraction of sp³-hybridized carbons (Fsp3) is 0.417. The van der Waals surface area contributed by atoms with Crippen LogP contribution in [0, 0.1) is 5.41 Å². The lowest BCUT2D eigenvalue weighted by Gasteiger charge is -2.49. The maximum Gasteiger partial charge on any atom is 0.336 e. The number of carbonyl (C=O) groups is 2. The summed E-state index contributed by atoms with van der Waals surface area (Å²) < 4.78 is 5.64. The van der Waals surface area contributed by atoms with E-state index in [0.717, 1.165) is 30.6 Å². The molecule has 0 spiro atoms. The second-order valence-corrected chi connectivity index (χ2v) is 8.40. The highest BCUT2D eigenvalue weighted by atomic mass is 16.5. The third-order valence-electron chi connectivity index (χ3n) is 6.08. The Morgan fingerprint density at radius 1 is 1.10 bits per heavy atom. The van der Waals surface area contributed by atoms with Gasteiger partial charge in [0.2, 0.25) is 5.91 Å². The highest BCUT2D eigenvalue weighted by Gasteiger charge is 2.49. The Bertz CT molecular complexity index is 887. The van der Waals surface area contributed by atoms with Crippen LogP contribution in [0.15, 0.2) is 54.6 Å². The Labute approximate surface area is 176 Å². The molecule has 0 aliphatic carbocycles. The Balaban J connectivity index is 1.44. The van der Waals surface area contributed by atoms with Gasteiger partial charge in [0, 0.05) is 32.8 Å². The van der Waals surface area contributed by atoms with Gasteiger partial charge in [-0.15, -0.1) is 0 Å². The lowest BCUT2D eigenvalue weighted by molar-refractivity contribution is -0.143. The number of benzene rings is 2. The molecule has 2 aromatic carbocycles. The van der Waals surface area contributed by atoms with Crippen molar-refractivity contribution in [1.29, 1.82) is 0 Å². The Morgan fingerprint density at radius 3 is 2.53 bits per heavy atom. The maximum absolute atomic E-state index is 13.2. The average molecular weight is 408 g/mol. The minimum Gasteiger partial charge on any atom is -0.478 e. The van der Waals surface area contributed by atoms with Crippen LogP contribution in [0.3, 0.4) is 0 Å². The first-order chi connectivity index (χ1) is 14.6. The van der Waals surface area contributed by atoms with Crippen molar-refractivity contribution in [1.82, 2.24) is 10.2 Å². The van der Waals surface area contributed by atoms with Gasteiger partial charge in [0.05, 0.1) is 17.1 Å². The van der Waals surface area contributed by atoms with Gasteiger partial charge in [-0.1, -0.05) is 48.5 Å². The number of hydrogen-bond acceptors (Lipinski definition) is 4. The van der Waals surface area contributed by atoms with Gasteiger partial charge in [0.25, 0.3) is 0 Å². The minimum atomic E-state index is -0.920. The Hall–Kier alpha value is -2.70. The number of carbonyl (C=O) groups excluding carboxylic acids is 1. The largest absolute Gasteiger partial charge is 0.478 e. The standard InChI is InChI=1S/C24H28N2O4/c27-22(28)21-11-5-4-9-19(21)15-26-16-24(17-26,13-18-7-2-1-3-8-18)23(29)25-14-20-10-6-12-30-20/h1-5,7-9,11,20H,6,10,12-17H2,(H,25,29)(H,27,28). The second kappa shape index (κ2) is 8.98. The summed E-state index contributed by atoms with van der Waals surface area (Å²) in [5.41, 5.74) is 1.73. The molecule has 2 aliphatic rings. The number of nitrogens with one attached hydrogen (secondary N) is 1. The molecule has 6 nitrogen and oxygen atoms in total. The monoisotopic (exact) mass is 408 g/mol. The van der Waals surface area contributed by atoms with Crippen LogP contribution in [-0.4, -0.2) is 54.2 Å². The fourth-order valence-electron chi connectivity index (χ4n) is 4.55. The molecule has 0 aromatic heterocycles. The number of carboxylic acid groups (broad SMARTS) is 1. The molecular formula is C24H28N2O4. The summed E-state index contributed by atoms with van der Waals surface area (Å²) in [6, 6.07) is 17.1. The Kier molecular flexibility index (Phi) is 6.16. The van der Waals surface area contributed by atoms with E-state index in [-0.39, 0.29) is 12.0 Å². The van der Waals surface area contributed by atoms with Gasteiger partial charge in [-0.2, -0.15) is 0 Å². The summed E-state index contributed by atoms with van der Waals surface area (Å²) in [5, 5.41) is 12.6. The maximum atomic E-state index is 13.2. The van der Waals surface area contributed by atoms with Gasteiger partial charge in [-0.3, -0.25) is 9.69 Å². The molecule has 2 saturated heterocycles. The Morgan fingerprint density at radius 2 is 1.83 bits per heavy atom. The van der Waals surface area contributed by atoms with Crippen molar-refractivity contribution < 1.29 is 19.4 Å². The summed E-state index contributed by atoms with van der Waals surface area (Å²) >= 11 is 0. The van der Waals surface area contributed by atoms with E-state index in [1.165, 1.54) is 0 Å². The van der Waals surface area contributed by atoms with Crippen molar-refractivity contribution in [3.05, 3.63) is 71.3 Å². The molecule has 0 radical (unpaired) electrons. The molecule has 1 amide bonds. The fourth-order valence-corrected chi connectivity index (χ4v) is 4.55. The quantitative estimate of drug-likeness (QED) is 0.702. The van der Waals surface area contributed by atoms with Crippen molar-refractivity contribution in [2.75, 3.05) is 26.2 Å². The van der Waals surface area contributed by atoms with Crippen molar-refractivity contribution >= 4 is 11.9 Å². The lowest BCUT2D eigenvalue weighted by atomic mass is 9.73. The number of hydrogen-bond donors (Lipinski definition) is 2. The number of amides is 1. The molecule has 2 aromatic rings. The zero-order chi connectivity index (χ0) is 21.0. The molecule has 0 bridgehead atoms. The number of carboxylic acids is 1. The zero-order valence-corrected chi connectivity index (χ0v) is 17.0. The van der Waals surface area contributed by atoms with Gasteiger partial charge in [0.15, 0.2) is 0 Å². The van der Waals surface area contributed by atoms with E-state index < -0.39 is 11.4 Å². The third-order valence-corrected chi connectivity index (χ3v) is 6.08. The number of rotatable bonds is 8. The summed E-state index contributed by atoms with van der Waals surface area (Å²) in [6.07, 6.45) is 2.82. The molecule has 1 atom stereocenters. The van der Waals surface area contributed by atoms with E-state index in [2.05, 4.69) is 22.3 Å². The molecule has 2 fully saturated rings. The molecular weight excluding hydrogens is 380 g/mol. The molecule has 4 rings (SSSR count). The summed E-state index contributed by atoms with van der Waals surface area (Å²) in [6.45, 7) is 3.06. The summed E-state index contributed by atoms with van der Waals surface area (Å²) in [4.78, 5) is 26.8. The van der Waals surface area contributed by atoms with Crippen LogP contribution in [0.2, 0.25) is 0 Å². The van der Waals surface area contributed by atoms with E-state index >= 15 is 0 Å². The van der Waals surface area contributed by atoms with E-state index in [4.69, 9.17) is 4.74 Å². The average Bonchev–Trinajstić information content (AvgIpc) is 3.25. The molecule has 2 aliphatic heterocycles. The summed E-state index contributed by atoms with van der Waals surface area (Å²) in [5.74, 6) is -0.861.